The van der Waals surface area contributed by atoms with Crippen molar-refractivity contribution in [3.05, 3.63) is 54.1 Å². The lowest BCUT2D eigenvalue weighted by Gasteiger charge is -2.38. The average Bonchev–Trinajstić information content (AvgIpc) is 2.55. The van der Waals surface area contributed by atoms with E-state index in [0.29, 0.717) is 17.9 Å². The zero-order valence-electron chi connectivity index (χ0n) is 15.0. The first-order valence-electron chi connectivity index (χ1n) is 8.38. The number of ether oxygens (including phenoxy) is 1. The number of nitrogens with one attached hydrogen (secondary N) is 1. The number of anilines is 2. The quantitative estimate of drug-likeness (QED) is 0.891. The van der Waals surface area contributed by atoms with E-state index in [4.69, 9.17) is 4.74 Å². The maximum Gasteiger partial charge on any atom is 0.229 e. The van der Waals surface area contributed by atoms with Crippen LogP contribution in [0.3, 0.4) is 0 Å². The highest BCUT2D eigenvalue weighted by molar-refractivity contribution is 7.92. The number of hydrogen-bond acceptors (Lipinski definition) is 4. The molecule has 0 fully saturated rings. The molecule has 6 nitrogen and oxygen atoms in total. The number of carbonyl (C=O) groups is 1. The number of carbonyl (C=O) groups excluding carboxylic acids is 1. The lowest BCUT2D eigenvalue weighted by molar-refractivity contribution is -0.117. The van der Waals surface area contributed by atoms with Gasteiger partial charge in [-0.05, 0) is 37.3 Å². The molecule has 1 aliphatic rings. The third-order valence-corrected chi connectivity index (χ3v) is 4.92. The minimum atomic E-state index is -3.31. The molecule has 0 saturated heterocycles. The van der Waals surface area contributed by atoms with Crippen LogP contribution in [0.15, 0.2) is 48.5 Å². The number of benzene rings is 2. The Morgan fingerprint density at radius 3 is 2.42 bits per heavy atom. The van der Waals surface area contributed by atoms with Crippen molar-refractivity contribution in [1.82, 2.24) is 0 Å². The van der Waals surface area contributed by atoms with E-state index in [-0.39, 0.29) is 18.1 Å². The average molecular weight is 374 g/mol. The van der Waals surface area contributed by atoms with Crippen LogP contribution in [0, 0.1) is 0 Å². The van der Waals surface area contributed by atoms with Gasteiger partial charge in [0.2, 0.25) is 15.9 Å². The number of nitrogens with zero attached hydrogens (tertiary/aromatic N) is 1. The summed E-state index contributed by atoms with van der Waals surface area (Å²) in [6.45, 7) is 3.58. The van der Waals surface area contributed by atoms with Crippen LogP contribution in [-0.4, -0.2) is 26.6 Å². The molecule has 0 aromatic heterocycles. The molecule has 0 radical (unpaired) electrons. The van der Waals surface area contributed by atoms with Crippen molar-refractivity contribution in [2.24, 2.45) is 0 Å². The highest BCUT2D eigenvalue weighted by Crippen LogP contribution is 2.39. The molecule has 2 aromatic rings. The molecule has 138 valence electrons. The standard InChI is InChI=1S/C19H22N2O4S/c1-13-12-19(17-6-4-5-7-18(17)21(13)14(2)22)25-16-10-8-15(9-11-16)20-26(3,23)24/h4-11,13,19-20H,12H2,1-3H3. The fourth-order valence-corrected chi connectivity index (χ4v) is 3.89. The van der Waals surface area contributed by atoms with E-state index in [9.17, 15) is 13.2 Å². The molecule has 0 saturated carbocycles. The molecule has 1 heterocycles. The predicted molar refractivity (Wildman–Crippen MR) is 102 cm³/mol. The van der Waals surface area contributed by atoms with Gasteiger partial charge in [0.15, 0.2) is 0 Å². The monoisotopic (exact) mass is 374 g/mol. The van der Waals surface area contributed by atoms with Gasteiger partial charge in [0.25, 0.3) is 0 Å². The first-order chi connectivity index (χ1) is 12.2. The van der Waals surface area contributed by atoms with Crippen LogP contribution < -0.4 is 14.4 Å². The normalized spacial score (nSPS) is 19.6. The second-order valence-electron chi connectivity index (χ2n) is 6.54. The van der Waals surface area contributed by atoms with Crippen molar-refractivity contribution in [1.29, 1.82) is 0 Å². The number of fused-ring (bicyclic) bond motifs is 1. The highest BCUT2D eigenvalue weighted by atomic mass is 32.2. The van der Waals surface area contributed by atoms with Gasteiger partial charge in [-0.25, -0.2) is 8.42 Å². The summed E-state index contributed by atoms with van der Waals surface area (Å²) in [7, 11) is -3.31. The van der Waals surface area contributed by atoms with E-state index in [1.165, 1.54) is 0 Å². The van der Waals surface area contributed by atoms with E-state index in [2.05, 4.69) is 4.72 Å². The summed E-state index contributed by atoms with van der Waals surface area (Å²) in [5.41, 5.74) is 2.33. The molecular weight excluding hydrogens is 352 g/mol. The smallest absolute Gasteiger partial charge is 0.229 e. The Morgan fingerprint density at radius 2 is 1.81 bits per heavy atom. The molecule has 2 atom stereocenters. The van der Waals surface area contributed by atoms with E-state index in [0.717, 1.165) is 17.5 Å². The number of amides is 1. The Kier molecular flexibility index (Phi) is 4.91. The maximum atomic E-state index is 12.0. The van der Waals surface area contributed by atoms with Crippen LogP contribution in [0.25, 0.3) is 0 Å². The fourth-order valence-electron chi connectivity index (χ4n) is 3.33. The third-order valence-electron chi connectivity index (χ3n) is 4.31. The van der Waals surface area contributed by atoms with Gasteiger partial charge in [0.1, 0.15) is 11.9 Å². The van der Waals surface area contributed by atoms with Crippen molar-refractivity contribution in [2.75, 3.05) is 15.9 Å². The van der Waals surface area contributed by atoms with E-state index in [1.807, 2.05) is 31.2 Å². The maximum absolute atomic E-state index is 12.0. The Labute approximate surface area is 153 Å². The number of hydrogen-bond donors (Lipinski definition) is 1. The van der Waals surface area contributed by atoms with Gasteiger partial charge >= 0.3 is 0 Å². The van der Waals surface area contributed by atoms with Crippen molar-refractivity contribution < 1.29 is 17.9 Å². The van der Waals surface area contributed by atoms with Crippen molar-refractivity contribution >= 4 is 27.3 Å². The second kappa shape index (κ2) is 6.99. The summed E-state index contributed by atoms with van der Waals surface area (Å²) in [5.74, 6) is 0.659. The summed E-state index contributed by atoms with van der Waals surface area (Å²) >= 11 is 0. The molecule has 1 N–H and O–H groups in total. The molecule has 26 heavy (non-hydrogen) atoms. The summed E-state index contributed by atoms with van der Waals surface area (Å²) in [6, 6.07) is 14.6. The Hall–Kier alpha value is -2.54. The minimum absolute atomic E-state index is 0.0135. The summed E-state index contributed by atoms with van der Waals surface area (Å²) < 4.78 is 31.1. The largest absolute Gasteiger partial charge is 0.486 e. The zero-order valence-corrected chi connectivity index (χ0v) is 15.8. The molecule has 1 amide bonds. The molecular formula is C19H22N2O4S. The number of sulfonamides is 1. The van der Waals surface area contributed by atoms with Gasteiger partial charge in [-0.3, -0.25) is 9.52 Å². The van der Waals surface area contributed by atoms with E-state index in [1.54, 1.807) is 36.1 Å². The topological polar surface area (TPSA) is 75.7 Å². The van der Waals surface area contributed by atoms with Crippen molar-refractivity contribution in [3.63, 3.8) is 0 Å². The third kappa shape index (κ3) is 3.99. The summed E-state index contributed by atoms with van der Waals surface area (Å²) in [5, 5.41) is 0. The minimum Gasteiger partial charge on any atom is -0.486 e. The Balaban J connectivity index is 1.84. The van der Waals surface area contributed by atoms with Crippen LogP contribution in [0.5, 0.6) is 5.75 Å². The Bertz CT molecular complexity index is 909. The Morgan fingerprint density at radius 1 is 1.15 bits per heavy atom. The molecule has 0 spiro atoms. The van der Waals surface area contributed by atoms with E-state index >= 15 is 0 Å². The molecule has 0 aliphatic carbocycles. The SMILES string of the molecule is CC(=O)N1c2ccccc2C(Oc2ccc(NS(C)(=O)=O)cc2)CC1C. The number of para-hydroxylation sites is 1. The first-order valence-corrected chi connectivity index (χ1v) is 10.3. The lowest BCUT2D eigenvalue weighted by Crippen LogP contribution is -2.42. The van der Waals surface area contributed by atoms with Crippen molar-refractivity contribution in [3.8, 4) is 5.75 Å². The van der Waals surface area contributed by atoms with Crippen LogP contribution in [0.4, 0.5) is 11.4 Å². The summed E-state index contributed by atoms with van der Waals surface area (Å²) in [4.78, 5) is 13.8. The highest BCUT2D eigenvalue weighted by Gasteiger charge is 2.33. The number of rotatable bonds is 4. The van der Waals surface area contributed by atoms with Gasteiger partial charge in [0, 0.05) is 30.6 Å². The summed E-state index contributed by atoms with van der Waals surface area (Å²) in [6.07, 6.45) is 1.61. The van der Waals surface area contributed by atoms with Crippen LogP contribution in [0.2, 0.25) is 0 Å². The van der Waals surface area contributed by atoms with Gasteiger partial charge in [0.05, 0.1) is 11.9 Å². The second-order valence-corrected chi connectivity index (χ2v) is 8.29. The fraction of sp³-hybridized carbons (Fsp3) is 0.316. The van der Waals surface area contributed by atoms with Crippen molar-refractivity contribution in [2.45, 2.75) is 32.4 Å². The molecule has 3 rings (SSSR count). The molecule has 7 heteroatoms. The van der Waals surface area contributed by atoms with Gasteiger partial charge in [-0.2, -0.15) is 0 Å². The lowest BCUT2D eigenvalue weighted by atomic mass is 9.93. The predicted octanol–water partition coefficient (Wildman–Crippen LogP) is 3.32. The van der Waals surface area contributed by atoms with Gasteiger partial charge < -0.3 is 9.64 Å². The molecule has 2 aromatic carbocycles. The van der Waals surface area contributed by atoms with Gasteiger partial charge in [-0.15, -0.1) is 0 Å². The first kappa shape index (κ1) is 18.3. The zero-order chi connectivity index (χ0) is 18.9. The van der Waals surface area contributed by atoms with Gasteiger partial charge in [-0.1, -0.05) is 18.2 Å². The molecule has 2 unspecified atom stereocenters. The van der Waals surface area contributed by atoms with Crippen LogP contribution in [0.1, 0.15) is 31.9 Å². The van der Waals surface area contributed by atoms with Crippen LogP contribution in [-0.2, 0) is 14.8 Å². The molecule has 1 aliphatic heterocycles. The van der Waals surface area contributed by atoms with Crippen LogP contribution >= 0.6 is 0 Å². The molecule has 0 bridgehead atoms. The van der Waals surface area contributed by atoms with E-state index < -0.39 is 10.0 Å².